The molecule has 0 amide bonds. The molecule has 0 heterocycles. The monoisotopic (exact) mass is 256 g/mol. The van der Waals surface area contributed by atoms with Gasteiger partial charge in [-0.3, -0.25) is 0 Å². The first-order valence-electron chi connectivity index (χ1n) is 5.10. The number of hydrogen-bond acceptors (Lipinski definition) is 1. The van der Waals surface area contributed by atoms with E-state index < -0.39 is 0 Å². The molecule has 0 N–H and O–H groups in total. The SMILES string of the molecule is C#CCC(CC)c1cc(Cl)cc(Cl)c1OC. The van der Waals surface area contributed by atoms with Crippen LogP contribution in [0.5, 0.6) is 5.75 Å². The van der Waals surface area contributed by atoms with Gasteiger partial charge in [0, 0.05) is 17.0 Å². The van der Waals surface area contributed by atoms with E-state index in [1.165, 1.54) is 0 Å². The lowest BCUT2D eigenvalue weighted by atomic mass is 9.93. The summed E-state index contributed by atoms with van der Waals surface area (Å²) in [6.07, 6.45) is 6.94. The second kappa shape index (κ2) is 6.03. The molecule has 1 atom stereocenters. The van der Waals surface area contributed by atoms with Crippen molar-refractivity contribution in [2.75, 3.05) is 7.11 Å². The van der Waals surface area contributed by atoms with Gasteiger partial charge < -0.3 is 4.74 Å². The number of halogens is 2. The highest BCUT2D eigenvalue weighted by Crippen LogP contribution is 2.38. The fraction of sp³-hybridized carbons (Fsp3) is 0.385. The summed E-state index contributed by atoms with van der Waals surface area (Å²) in [5.41, 5.74) is 0.987. The van der Waals surface area contributed by atoms with Crippen molar-refractivity contribution in [1.82, 2.24) is 0 Å². The summed E-state index contributed by atoms with van der Waals surface area (Å²) in [6.45, 7) is 2.08. The van der Waals surface area contributed by atoms with Crippen LogP contribution in [0.3, 0.4) is 0 Å². The van der Waals surface area contributed by atoms with Gasteiger partial charge in [-0.15, -0.1) is 12.3 Å². The molecule has 1 unspecified atom stereocenters. The van der Waals surface area contributed by atoms with Crippen molar-refractivity contribution in [2.24, 2.45) is 0 Å². The Morgan fingerprint density at radius 1 is 1.44 bits per heavy atom. The van der Waals surface area contributed by atoms with Crippen LogP contribution in [-0.2, 0) is 0 Å². The molecule has 1 aromatic carbocycles. The highest BCUT2D eigenvalue weighted by atomic mass is 35.5. The number of terminal acetylenes is 1. The van der Waals surface area contributed by atoms with Gasteiger partial charge in [0.05, 0.1) is 12.1 Å². The molecule has 86 valence electrons. The maximum absolute atomic E-state index is 6.07. The molecular weight excluding hydrogens is 243 g/mol. The molecule has 0 aromatic heterocycles. The predicted molar refractivity (Wildman–Crippen MR) is 69.5 cm³/mol. The van der Waals surface area contributed by atoms with Crippen LogP contribution < -0.4 is 4.74 Å². The molecule has 1 aromatic rings. The van der Waals surface area contributed by atoms with Crippen molar-refractivity contribution in [3.63, 3.8) is 0 Å². The Labute approximate surface area is 107 Å². The lowest BCUT2D eigenvalue weighted by molar-refractivity contribution is 0.405. The van der Waals surface area contributed by atoms with Crippen molar-refractivity contribution in [2.45, 2.75) is 25.7 Å². The molecule has 3 heteroatoms. The molecule has 0 aliphatic heterocycles. The smallest absolute Gasteiger partial charge is 0.141 e. The summed E-state index contributed by atoms with van der Waals surface area (Å²) in [6, 6.07) is 3.55. The molecule has 0 aliphatic rings. The second-order valence-electron chi connectivity index (χ2n) is 3.52. The molecule has 0 saturated heterocycles. The van der Waals surface area contributed by atoms with E-state index in [-0.39, 0.29) is 5.92 Å². The molecular formula is C13H14Cl2O. The van der Waals surface area contributed by atoms with Crippen molar-refractivity contribution in [3.8, 4) is 18.1 Å². The molecule has 0 fully saturated rings. The topological polar surface area (TPSA) is 9.23 Å². The maximum atomic E-state index is 6.07. The van der Waals surface area contributed by atoms with Crippen LogP contribution in [0.4, 0.5) is 0 Å². The van der Waals surface area contributed by atoms with Crippen LogP contribution >= 0.6 is 23.2 Å². The average Bonchev–Trinajstić information content (AvgIpc) is 2.25. The minimum Gasteiger partial charge on any atom is -0.495 e. The Hall–Kier alpha value is -0.840. The minimum atomic E-state index is 0.233. The number of ether oxygens (including phenoxy) is 1. The second-order valence-corrected chi connectivity index (χ2v) is 4.37. The van der Waals surface area contributed by atoms with Crippen molar-refractivity contribution < 1.29 is 4.74 Å². The Morgan fingerprint density at radius 2 is 2.12 bits per heavy atom. The molecule has 0 saturated carbocycles. The van der Waals surface area contributed by atoms with E-state index in [0.717, 1.165) is 12.0 Å². The number of rotatable bonds is 4. The zero-order chi connectivity index (χ0) is 12.1. The summed E-state index contributed by atoms with van der Waals surface area (Å²) >= 11 is 12.1. The van der Waals surface area contributed by atoms with E-state index in [9.17, 15) is 0 Å². The van der Waals surface area contributed by atoms with Gasteiger partial charge >= 0.3 is 0 Å². The Balaban J connectivity index is 3.24. The minimum absolute atomic E-state index is 0.233. The van der Waals surface area contributed by atoms with Gasteiger partial charge in [0.15, 0.2) is 0 Å². The summed E-state index contributed by atoms with van der Waals surface area (Å²) in [5.74, 6) is 3.57. The molecule has 16 heavy (non-hydrogen) atoms. The third-order valence-corrected chi connectivity index (χ3v) is 3.04. The normalized spacial score (nSPS) is 11.9. The van der Waals surface area contributed by atoms with E-state index in [1.807, 2.05) is 6.07 Å². The van der Waals surface area contributed by atoms with Gasteiger partial charge in [-0.1, -0.05) is 30.1 Å². The van der Waals surface area contributed by atoms with Gasteiger partial charge in [0.2, 0.25) is 0 Å². The number of hydrogen-bond donors (Lipinski definition) is 0. The van der Waals surface area contributed by atoms with Crippen LogP contribution in [0.25, 0.3) is 0 Å². The third kappa shape index (κ3) is 2.84. The Kier molecular flexibility index (Phi) is 4.99. The van der Waals surface area contributed by atoms with Crippen molar-refractivity contribution in [3.05, 3.63) is 27.7 Å². The maximum Gasteiger partial charge on any atom is 0.141 e. The van der Waals surface area contributed by atoms with Gasteiger partial charge in [0.25, 0.3) is 0 Å². The van der Waals surface area contributed by atoms with Gasteiger partial charge in [0.1, 0.15) is 5.75 Å². The van der Waals surface area contributed by atoms with E-state index in [1.54, 1.807) is 13.2 Å². The fourth-order valence-electron chi connectivity index (χ4n) is 1.72. The molecule has 0 radical (unpaired) electrons. The molecule has 0 aliphatic carbocycles. The van der Waals surface area contributed by atoms with E-state index >= 15 is 0 Å². The van der Waals surface area contributed by atoms with Crippen LogP contribution in [0.15, 0.2) is 12.1 Å². The summed E-state index contributed by atoms with van der Waals surface area (Å²) in [5, 5.41) is 1.14. The molecule has 0 bridgehead atoms. The van der Waals surface area contributed by atoms with Gasteiger partial charge in [-0.25, -0.2) is 0 Å². The lowest BCUT2D eigenvalue weighted by Crippen LogP contribution is -2.00. The highest BCUT2D eigenvalue weighted by molar-refractivity contribution is 6.35. The first kappa shape index (κ1) is 13.2. The fourth-order valence-corrected chi connectivity index (χ4v) is 2.30. The van der Waals surface area contributed by atoms with Gasteiger partial charge in [-0.2, -0.15) is 0 Å². The van der Waals surface area contributed by atoms with Crippen molar-refractivity contribution >= 4 is 23.2 Å². The quantitative estimate of drug-likeness (QED) is 0.720. The number of benzene rings is 1. The summed E-state index contributed by atoms with van der Waals surface area (Å²) in [7, 11) is 1.60. The Morgan fingerprint density at radius 3 is 2.62 bits per heavy atom. The first-order valence-corrected chi connectivity index (χ1v) is 5.86. The number of methoxy groups -OCH3 is 1. The largest absolute Gasteiger partial charge is 0.495 e. The van der Waals surface area contributed by atoms with E-state index in [4.69, 9.17) is 34.4 Å². The van der Waals surface area contributed by atoms with E-state index in [0.29, 0.717) is 22.2 Å². The zero-order valence-electron chi connectivity index (χ0n) is 9.39. The third-order valence-electron chi connectivity index (χ3n) is 2.54. The lowest BCUT2D eigenvalue weighted by Gasteiger charge is -2.17. The summed E-state index contributed by atoms with van der Waals surface area (Å²) < 4.78 is 5.30. The standard InChI is InChI=1S/C13H14Cl2O/c1-4-6-9(5-2)11-7-10(14)8-12(15)13(11)16-3/h1,7-9H,5-6H2,2-3H3. The zero-order valence-corrected chi connectivity index (χ0v) is 10.9. The first-order chi connectivity index (χ1) is 7.63. The molecule has 0 spiro atoms. The van der Waals surface area contributed by atoms with Crippen LogP contribution in [0, 0.1) is 12.3 Å². The van der Waals surface area contributed by atoms with E-state index in [2.05, 4.69) is 12.8 Å². The highest BCUT2D eigenvalue weighted by Gasteiger charge is 2.17. The Bertz CT molecular complexity index is 407. The molecule has 1 rings (SSSR count). The predicted octanol–water partition coefficient (Wildman–Crippen LogP) is 4.52. The van der Waals surface area contributed by atoms with Crippen molar-refractivity contribution in [1.29, 1.82) is 0 Å². The summed E-state index contributed by atoms with van der Waals surface area (Å²) in [4.78, 5) is 0. The van der Waals surface area contributed by atoms with Gasteiger partial charge in [-0.05, 0) is 24.5 Å². The van der Waals surface area contributed by atoms with Crippen LogP contribution in [0.2, 0.25) is 10.0 Å². The molecule has 1 nitrogen and oxygen atoms in total. The average molecular weight is 257 g/mol. The van der Waals surface area contributed by atoms with Crippen LogP contribution in [0.1, 0.15) is 31.2 Å². The van der Waals surface area contributed by atoms with Crippen LogP contribution in [-0.4, -0.2) is 7.11 Å².